The summed E-state index contributed by atoms with van der Waals surface area (Å²) in [6, 6.07) is 6.24. The molecular formula is C17H27NO. The molecule has 19 heavy (non-hydrogen) atoms. The highest BCUT2D eigenvalue weighted by molar-refractivity contribution is 5.51. The molecule has 0 heterocycles. The van der Waals surface area contributed by atoms with Gasteiger partial charge < -0.3 is 10.8 Å². The van der Waals surface area contributed by atoms with Crippen molar-refractivity contribution in [1.29, 1.82) is 0 Å². The van der Waals surface area contributed by atoms with Gasteiger partial charge in [0.25, 0.3) is 0 Å². The lowest BCUT2D eigenvalue weighted by atomic mass is 9.81. The third-order valence-corrected chi connectivity index (χ3v) is 3.70. The highest BCUT2D eigenvalue weighted by atomic mass is 16.3. The molecule has 0 fully saturated rings. The average Bonchev–Trinajstić information content (AvgIpc) is 2.41. The molecule has 0 spiro atoms. The van der Waals surface area contributed by atoms with Crippen LogP contribution in [0.15, 0.2) is 30.5 Å². The topological polar surface area (TPSA) is 46.2 Å². The van der Waals surface area contributed by atoms with Gasteiger partial charge in [-0.2, -0.15) is 0 Å². The van der Waals surface area contributed by atoms with E-state index >= 15 is 0 Å². The Bertz CT molecular complexity index is 412. The lowest BCUT2D eigenvalue weighted by molar-refractivity contribution is 0.361. The fraction of sp³-hybridized carbons (Fsp3) is 0.529. The number of allylic oxidation sites excluding steroid dienone is 1. The second kappa shape index (κ2) is 7.88. The van der Waals surface area contributed by atoms with Crippen LogP contribution < -0.4 is 5.73 Å². The molecule has 0 aliphatic heterocycles. The maximum Gasteiger partial charge on any atom is 0.0851 e. The number of anilines is 1. The van der Waals surface area contributed by atoms with Crippen molar-refractivity contribution >= 4 is 5.69 Å². The Morgan fingerprint density at radius 2 is 2.16 bits per heavy atom. The van der Waals surface area contributed by atoms with Crippen molar-refractivity contribution in [3.05, 3.63) is 41.7 Å². The molecule has 2 rings (SSSR count). The molecule has 1 unspecified atom stereocenters. The van der Waals surface area contributed by atoms with E-state index in [9.17, 15) is 0 Å². The van der Waals surface area contributed by atoms with Gasteiger partial charge in [0.2, 0.25) is 0 Å². The molecule has 0 amide bonds. The van der Waals surface area contributed by atoms with Crippen LogP contribution in [0.3, 0.4) is 0 Å². The van der Waals surface area contributed by atoms with Crippen molar-refractivity contribution in [2.75, 3.05) is 5.73 Å². The van der Waals surface area contributed by atoms with Gasteiger partial charge in [0.15, 0.2) is 0 Å². The zero-order valence-electron chi connectivity index (χ0n) is 12.3. The Balaban J connectivity index is 0.000000861. The minimum atomic E-state index is 0.311. The Labute approximate surface area is 117 Å². The summed E-state index contributed by atoms with van der Waals surface area (Å²) in [5.74, 6) is 1.05. The monoisotopic (exact) mass is 261 g/mol. The number of benzene rings is 1. The Morgan fingerprint density at radius 1 is 1.42 bits per heavy atom. The van der Waals surface area contributed by atoms with Gasteiger partial charge in [-0.25, -0.2) is 0 Å². The van der Waals surface area contributed by atoms with Gasteiger partial charge >= 0.3 is 0 Å². The average molecular weight is 261 g/mol. The summed E-state index contributed by atoms with van der Waals surface area (Å²) >= 11 is 0. The second-order valence-corrected chi connectivity index (χ2v) is 5.05. The summed E-state index contributed by atoms with van der Waals surface area (Å²) < 4.78 is 0. The zero-order valence-corrected chi connectivity index (χ0v) is 12.3. The summed E-state index contributed by atoms with van der Waals surface area (Å²) in [6.07, 6.45) is 6.41. The molecule has 0 aromatic heterocycles. The largest absolute Gasteiger partial charge is 0.513 e. The number of nitrogen functional groups attached to an aromatic ring is 1. The van der Waals surface area contributed by atoms with E-state index in [0.717, 1.165) is 37.3 Å². The third-order valence-electron chi connectivity index (χ3n) is 3.70. The molecule has 1 atom stereocenters. The number of aliphatic hydroxyl groups is 1. The fourth-order valence-corrected chi connectivity index (χ4v) is 2.75. The lowest BCUT2D eigenvalue weighted by Crippen LogP contribution is -2.15. The molecule has 1 aliphatic rings. The number of hydrogen-bond acceptors (Lipinski definition) is 2. The molecule has 2 nitrogen and oxygen atoms in total. The van der Waals surface area contributed by atoms with Crippen molar-refractivity contribution in [3.8, 4) is 0 Å². The second-order valence-electron chi connectivity index (χ2n) is 5.05. The third kappa shape index (κ3) is 4.62. The zero-order chi connectivity index (χ0) is 14.3. The Hall–Kier alpha value is -1.44. The number of hydrogen-bond donors (Lipinski definition) is 2. The van der Waals surface area contributed by atoms with Crippen LogP contribution in [0.25, 0.3) is 0 Å². The summed E-state index contributed by atoms with van der Waals surface area (Å²) in [5, 5.41) is 9.07. The van der Waals surface area contributed by atoms with E-state index < -0.39 is 0 Å². The van der Waals surface area contributed by atoms with E-state index in [4.69, 9.17) is 10.8 Å². The van der Waals surface area contributed by atoms with Gasteiger partial charge in [0.1, 0.15) is 0 Å². The standard InChI is InChI=1S/C15H21NO.C2H6/c1-11(17)4-2-5-12-8-9-14-13(10-12)6-3-7-15(14)16;1-2/h3,6-7,12,17H,1-2,4-5,8-10,16H2;1-2H3. The first-order chi connectivity index (χ1) is 9.16. The van der Waals surface area contributed by atoms with Gasteiger partial charge in [-0.3, -0.25) is 0 Å². The van der Waals surface area contributed by atoms with Crippen molar-refractivity contribution in [2.45, 2.75) is 52.4 Å². The molecule has 1 aromatic rings. The molecule has 0 bridgehead atoms. The molecule has 0 saturated carbocycles. The van der Waals surface area contributed by atoms with Gasteiger partial charge in [0.05, 0.1) is 5.76 Å². The number of fused-ring (bicyclic) bond motifs is 1. The highest BCUT2D eigenvalue weighted by Gasteiger charge is 2.19. The van der Waals surface area contributed by atoms with Crippen LogP contribution in [0.4, 0.5) is 5.69 Å². The van der Waals surface area contributed by atoms with Gasteiger partial charge in [0, 0.05) is 12.1 Å². The smallest absolute Gasteiger partial charge is 0.0851 e. The van der Waals surface area contributed by atoms with Crippen molar-refractivity contribution in [3.63, 3.8) is 0 Å². The van der Waals surface area contributed by atoms with Crippen molar-refractivity contribution in [2.24, 2.45) is 5.92 Å². The quantitative estimate of drug-likeness (QED) is 0.612. The van der Waals surface area contributed by atoms with Crippen molar-refractivity contribution in [1.82, 2.24) is 0 Å². The summed E-state index contributed by atoms with van der Waals surface area (Å²) in [7, 11) is 0. The molecule has 106 valence electrons. The van der Waals surface area contributed by atoms with E-state index in [1.54, 1.807) is 0 Å². The highest BCUT2D eigenvalue weighted by Crippen LogP contribution is 2.31. The van der Waals surface area contributed by atoms with E-state index in [1.807, 2.05) is 26.0 Å². The predicted molar refractivity (Wildman–Crippen MR) is 83.3 cm³/mol. The van der Waals surface area contributed by atoms with E-state index in [1.165, 1.54) is 24.0 Å². The minimum absolute atomic E-state index is 0.311. The Morgan fingerprint density at radius 3 is 2.84 bits per heavy atom. The van der Waals surface area contributed by atoms with Crippen LogP contribution in [-0.4, -0.2) is 5.11 Å². The summed E-state index contributed by atoms with van der Waals surface area (Å²) in [4.78, 5) is 0. The molecule has 1 aliphatic carbocycles. The van der Waals surface area contributed by atoms with Crippen LogP contribution in [-0.2, 0) is 12.8 Å². The van der Waals surface area contributed by atoms with Crippen LogP contribution in [0, 0.1) is 5.92 Å². The van der Waals surface area contributed by atoms with Gasteiger partial charge in [-0.15, -0.1) is 0 Å². The first-order valence-electron chi connectivity index (χ1n) is 7.40. The minimum Gasteiger partial charge on any atom is -0.513 e. The van der Waals surface area contributed by atoms with Crippen LogP contribution in [0.1, 0.15) is 50.7 Å². The number of rotatable bonds is 4. The SMILES string of the molecule is C=C(O)CCCC1CCc2c(N)cccc2C1.CC. The van der Waals surface area contributed by atoms with E-state index in [0.29, 0.717) is 5.76 Å². The molecular weight excluding hydrogens is 234 g/mol. The molecule has 0 saturated heterocycles. The molecule has 1 aromatic carbocycles. The maximum absolute atomic E-state index is 9.07. The van der Waals surface area contributed by atoms with E-state index in [-0.39, 0.29) is 0 Å². The number of aliphatic hydroxyl groups excluding tert-OH is 1. The normalized spacial score (nSPS) is 17.1. The summed E-state index contributed by atoms with van der Waals surface area (Å²) in [5.41, 5.74) is 9.71. The first kappa shape index (κ1) is 15.6. The van der Waals surface area contributed by atoms with Crippen LogP contribution in [0.2, 0.25) is 0 Å². The van der Waals surface area contributed by atoms with Crippen LogP contribution in [0.5, 0.6) is 0 Å². The Kier molecular flexibility index (Phi) is 6.48. The molecule has 3 N–H and O–H groups in total. The molecule has 0 radical (unpaired) electrons. The van der Waals surface area contributed by atoms with E-state index in [2.05, 4.69) is 12.6 Å². The van der Waals surface area contributed by atoms with Gasteiger partial charge in [-0.1, -0.05) is 32.6 Å². The molecule has 2 heteroatoms. The summed E-state index contributed by atoms with van der Waals surface area (Å²) in [6.45, 7) is 7.52. The number of nitrogens with two attached hydrogens (primary N) is 1. The maximum atomic E-state index is 9.07. The van der Waals surface area contributed by atoms with Crippen molar-refractivity contribution < 1.29 is 5.11 Å². The first-order valence-corrected chi connectivity index (χ1v) is 7.40. The van der Waals surface area contributed by atoms with Gasteiger partial charge in [-0.05, 0) is 55.2 Å². The lowest BCUT2D eigenvalue weighted by Gasteiger charge is -2.25. The predicted octanol–water partition coefficient (Wildman–Crippen LogP) is 4.64. The fourth-order valence-electron chi connectivity index (χ4n) is 2.75. The van der Waals surface area contributed by atoms with Crippen LogP contribution >= 0.6 is 0 Å².